The Bertz CT molecular complexity index is 781. The summed E-state index contributed by atoms with van der Waals surface area (Å²) in [5.74, 6) is -0.936. The van der Waals surface area contributed by atoms with E-state index < -0.39 is 5.97 Å². The summed E-state index contributed by atoms with van der Waals surface area (Å²) in [6.45, 7) is 7.63. The van der Waals surface area contributed by atoms with E-state index in [0.717, 1.165) is 11.1 Å². The number of ether oxygens (including phenoxy) is 1. The molecule has 2 rings (SSSR count). The van der Waals surface area contributed by atoms with Crippen molar-refractivity contribution in [3.05, 3.63) is 58.7 Å². The van der Waals surface area contributed by atoms with E-state index in [1.807, 2.05) is 33.8 Å². The van der Waals surface area contributed by atoms with Gasteiger partial charge in [-0.15, -0.1) is 0 Å². The molecule has 0 unspecified atom stereocenters. The molecule has 0 radical (unpaired) electrons. The first kappa shape index (κ1) is 17.5. The molecule has 0 aliphatic rings. The number of benzene rings is 2. The number of nitrogens with one attached hydrogen (secondary N) is 1. The Morgan fingerprint density at radius 3 is 2.25 bits per heavy atom. The van der Waals surface area contributed by atoms with Crippen LogP contribution >= 0.6 is 0 Å². The van der Waals surface area contributed by atoms with E-state index in [4.69, 9.17) is 9.84 Å². The monoisotopic (exact) mass is 327 g/mol. The molecule has 0 aliphatic carbocycles. The van der Waals surface area contributed by atoms with Gasteiger partial charge in [-0.25, -0.2) is 4.79 Å². The first-order valence-electron chi connectivity index (χ1n) is 7.70. The second kappa shape index (κ2) is 7.17. The summed E-state index contributed by atoms with van der Waals surface area (Å²) in [4.78, 5) is 23.7. The number of hydrogen-bond acceptors (Lipinski definition) is 3. The quantitative estimate of drug-likeness (QED) is 0.869. The topological polar surface area (TPSA) is 75.6 Å². The average Bonchev–Trinajstić information content (AvgIpc) is 2.50. The molecule has 0 atom stereocenters. The van der Waals surface area contributed by atoms with Gasteiger partial charge in [0.1, 0.15) is 5.75 Å². The van der Waals surface area contributed by atoms with Crippen molar-refractivity contribution in [2.24, 2.45) is 0 Å². The zero-order chi connectivity index (χ0) is 17.9. The minimum absolute atomic E-state index is 0.0847. The molecular formula is C19H21NO4. The van der Waals surface area contributed by atoms with Crippen molar-refractivity contribution < 1.29 is 19.4 Å². The number of aromatic carboxylic acids is 1. The number of amides is 1. The lowest BCUT2D eigenvalue weighted by Crippen LogP contribution is -2.15. The molecule has 0 bridgehead atoms. The highest BCUT2D eigenvalue weighted by Crippen LogP contribution is 2.27. The Balaban J connectivity index is 2.34. The molecule has 0 saturated carbocycles. The molecule has 2 aromatic rings. The Hall–Kier alpha value is -2.82. The van der Waals surface area contributed by atoms with Crippen LogP contribution in [-0.2, 0) is 0 Å². The van der Waals surface area contributed by atoms with Gasteiger partial charge in [0.2, 0.25) is 0 Å². The second-order valence-corrected chi connectivity index (χ2v) is 5.94. The van der Waals surface area contributed by atoms with Crippen LogP contribution in [0.3, 0.4) is 0 Å². The highest BCUT2D eigenvalue weighted by atomic mass is 16.5. The largest absolute Gasteiger partial charge is 0.489 e. The van der Waals surface area contributed by atoms with Crippen molar-refractivity contribution in [1.82, 2.24) is 0 Å². The highest BCUT2D eigenvalue weighted by molar-refractivity contribution is 6.05. The predicted molar refractivity (Wildman–Crippen MR) is 93.0 cm³/mol. The number of rotatable bonds is 5. The van der Waals surface area contributed by atoms with E-state index >= 15 is 0 Å². The van der Waals surface area contributed by atoms with Gasteiger partial charge in [0.05, 0.1) is 17.4 Å². The molecule has 2 aromatic carbocycles. The molecule has 0 fully saturated rings. The summed E-state index contributed by atoms with van der Waals surface area (Å²) < 4.78 is 5.65. The van der Waals surface area contributed by atoms with Crippen LogP contribution in [0.5, 0.6) is 5.75 Å². The van der Waals surface area contributed by atoms with Gasteiger partial charge in [-0.2, -0.15) is 0 Å². The summed E-state index contributed by atoms with van der Waals surface area (Å²) >= 11 is 0. The third-order valence-corrected chi connectivity index (χ3v) is 3.61. The van der Waals surface area contributed by atoms with Crippen molar-refractivity contribution >= 4 is 17.6 Å². The Labute approximate surface area is 141 Å². The Morgan fingerprint density at radius 1 is 1.00 bits per heavy atom. The smallest absolute Gasteiger partial charge is 0.335 e. The fraction of sp³-hybridized carbons (Fsp3) is 0.263. The SMILES string of the molecule is Cc1ccc(C(=O)Nc2cc(C(=O)O)ccc2OC(C)C)cc1C. The summed E-state index contributed by atoms with van der Waals surface area (Å²) in [7, 11) is 0. The molecule has 0 aromatic heterocycles. The fourth-order valence-electron chi connectivity index (χ4n) is 2.19. The third kappa shape index (κ3) is 4.13. The van der Waals surface area contributed by atoms with E-state index in [2.05, 4.69) is 5.32 Å². The maximum atomic E-state index is 12.5. The lowest BCUT2D eigenvalue weighted by molar-refractivity contribution is 0.0696. The van der Waals surface area contributed by atoms with E-state index in [-0.39, 0.29) is 17.6 Å². The molecule has 0 aliphatic heterocycles. The van der Waals surface area contributed by atoms with E-state index in [0.29, 0.717) is 17.0 Å². The van der Waals surface area contributed by atoms with Gasteiger partial charge >= 0.3 is 5.97 Å². The maximum absolute atomic E-state index is 12.5. The predicted octanol–water partition coefficient (Wildman–Crippen LogP) is 4.04. The zero-order valence-corrected chi connectivity index (χ0v) is 14.2. The summed E-state index contributed by atoms with van der Waals surface area (Å²) in [5.41, 5.74) is 3.05. The molecule has 0 saturated heterocycles. The van der Waals surface area contributed by atoms with E-state index in [1.54, 1.807) is 18.2 Å². The normalized spacial score (nSPS) is 10.5. The molecular weight excluding hydrogens is 306 g/mol. The van der Waals surface area contributed by atoms with Crippen LogP contribution in [0.4, 0.5) is 5.69 Å². The molecule has 1 amide bonds. The van der Waals surface area contributed by atoms with Crippen LogP contribution < -0.4 is 10.1 Å². The van der Waals surface area contributed by atoms with Crippen LogP contribution in [-0.4, -0.2) is 23.1 Å². The van der Waals surface area contributed by atoms with Crippen molar-refractivity contribution in [3.8, 4) is 5.75 Å². The molecule has 2 N–H and O–H groups in total. The van der Waals surface area contributed by atoms with Crippen molar-refractivity contribution in [2.75, 3.05) is 5.32 Å². The lowest BCUT2D eigenvalue weighted by atomic mass is 10.1. The fourth-order valence-corrected chi connectivity index (χ4v) is 2.19. The van der Waals surface area contributed by atoms with Crippen molar-refractivity contribution in [3.63, 3.8) is 0 Å². The molecule has 5 nitrogen and oxygen atoms in total. The number of carboxylic acids is 1. The van der Waals surface area contributed by atoms with Crippen LogP contribution in [0.2, 0.25) is 0 Å². The summed E-state index contributed by atoms with van der Waals surface area (Å²) in [6.07, 6.45) is -0.0991. The van der Waals surface area contributed by atoms with Crippen LogP contribution in [0.25, 0.3) is 0 Å². The van der Waals surface area contributed by atoms with Gasteiger partial charge in [0.15, 0.2) is 0 Å². The number of carboxylic acid groups (broad SMARTS) is 1. The van der Waals surface area contributed by atoms with Crippen LogP contribution in [0, 0.1) is 13.8 Å². The van der Waals surface area contributed by atoms with Crippen LogP contribution in [0.15, 0.2) is 36.4 Å². The van der Waals surface area contributed by atoms with Gasteiger partial charge in [-0.3, -0.25) is 4.79 Å². The average molecular weight is 327 g/mol. The van der Waals surface area contributed by atoms with Gasteiger partial charge < -0.3 is 15.2 Å². The number of aryl methyl sites for hydroxylation is 2. The first-order chi connectivity index (χ1) is 11.3. The molecule has 0 heterocycles. The van der Waals surface area contributed by atoms with Gasteiger partial charge in [0, 0.05) is 5.56 Å². The van der Waals surface area contributed by atoms with Gasteiger partial charge in [-0.05, 0) is 69.2 Å². The lowest BCUT2D eigenvalue weighted by Gasteiger charge is -2.16. The summed E-state index contributed by atoms with van der Waals surface area (Å²) in [5, 5.41) is 11.9. The van der Waals surface area contributed by atoms with Gasteiger partial charge in [-0.1, -0.05) is 6.07 Å². The molecule has 126 valence electrons. The van der Waals surface area contributed by atoms with Crippen molar-refractivity contribution in [2.45, 2.75) is 33.8 Å². The molecule has 24 heavy (non-hydrogen) atoms. The summed E-state index contributed by atoms with van der Waals surface area (Å²) in [6, 6.07) is 9.82. The Kier molecular flexibility index (Phi) is 5.24. The highest BCUT2D eigenvalue weighted by Gasteiger charge is 2.14. The second-order valence-electron chi connectivity index (χ2n) is 5.94. The van der Waals surface area contributed by atoms with Crippen LogP contribution in [0.1, 0.15) is 45.7 Å². The van der Waals surface area contributed by atoms with Gasteiger partial charge in [0.25, 0.3) is 5.91 Å². The minimum atomic E-state index is -1.06. The standard InChI is InChI=1S/C19H21NO4/c1-11(2)24-17-8-7-15(19(22)23)10-16(17)20-18(21)14-6-5-12(3)13(4)9-14/h5-11H,1-4H3,(H,20,21)(H,22,23). The number of carbonyl (C=O) groups is 2. The Morgan fingerprint density at radius 2 is 1.67 bits per heavy atom. The number of hydrogen-bond donors (Lipinski definition) is 2. The molecule has 0 spiro atoms. The first-order valence-corrected chi connectivity index (χ1v) is 7.70. The van der Waals surface area contributed by atoms with E-state index in [1.165, 1.54) is 12.1 Å². The van der Waals surface area contributed by atoms with Crippen molar-refractivity contribution in [1.29, 1.82) is 0 Å². The minimum Gasteiger partial charge on any atom is -0.489 e. The number of carbonyl (C=O) groups excluding carboxylic acids is 1. The number of anilines is 1. The zero-order valence-electron chi connectivity index (χ0n) is 14.2. The maximum Gasteiger partial charge on any atom is 0.335 e. The third-order valence-electron chi connectivity index (χ3n) is 3.61. The molecule has 5 heteroatoms. The van der Waals surface area contributed by atoms with E-state index in [9.17, 15) is 9.59 Å².